The average molecular weight is 295 g/mol. The fraction of sp³-hybridized carbons (Fsp3) is 0.812. The summed E-state index contributed by atoms with van der Waals surface area (Å²) in [5.41, 5.74) is 1.31. The Morgan fingerprint density at radius 3 is 2.65 bits per heavy atom. The summed E-state index contributed by atoms with van der Waals surface area (Å²) < 4.78 is 0. The zero-order valence-corrected chi connectivity index (χ0v) is 14.2. The Balaban J connectivity index is 1.84. The molecule has 1 aromatic rings. The summed E-state index contributed by atoms with van der Waals surface area (Å²) in [6.07, 6.45) is 7.05. The van der Waals surface area contributed by atoms with Crippen molar-refractivity contribution in [3.8, 4) is 0 Å². The molecule has 3 nitrogen and oxygen atoms in total. The first-order valence-corrected chi connectivity index (χ1v) is 8.72. The van der Waals surface area contributed by atoms with Crippen LogP contribution >= 0.6 is 11.3 Å². The molecule has 2 rings (SSSR count). The lowest BCUT2D eigenvalue weighted by molar-refractivity contribution is 0.362. The van der Waals surface area contributed by atoms with Gasteiger partial charge in [-0.15, -0.1) is 11.3 Å². The molecule has 0 spiro atoms. The van der Waals surface area contributed by atoms with E-state index in [0.29, 0.717) is 0 Å². The van der Waals surface area contributed by atoms with Crippen LogP contribution in [-0.4, -0.2) is 24.1 Å². The van der Waals surface area contributed by atoms with E-state index in [1.54, 1.807) is 11.3 Å². The molecule has 1 fully saturated rings. The standard InChI is InChI=1S/C16H29N3S/c1-16(2,3)17-10-14-12-20-15(18-14)19(4)11-13-8-6-5-7-9-13/h12-13,17H,5-11H2,1-4H3. The zero-order valence-electron chi connectivity index (χ0n) is 13.4. The average Bonchev–Trinajstić information content (AvgIpc) is 2.86. The lowest BCUT2D eigenvalue weighted by Gasteiger charge is -2.26. The number of hydrogen-bond donors (Lipinski definition) is 1. The molecule has 1 heterocycles. The van der Waals surface area contributed by atoms with Crippen LogP contribution in [0, 0.1) is 5.92 Å². The number of anilines is 1. The first-order valence-electron chi connectivity index (χ1n) is 7.84. The molecule has 1 N–H and O–H groups in total. The minimum atomic E-state index is 0.151. The third-order valence-electron chi connectivity index (χ3n) is 3.92. The summed E-state index contributed by atoms with van der Waals surface area (Å²) in [4.78, 5) is 7.11. The number of hydrogen-bond acceptors (Lipinski definition) is 4. The molecule has 1 saturated carbocycles. The van der Waals surface area contributed by atoms with Crippen LogP contribution in [0.5, 0.6) is 0 Å². The first-order chi connectivity index (χ1) is 9.44. The van der Waals surface area contributed by atoms with Crippen LogP contribution in [-0.2, 0) is 6.54 Å². The molecule has 114 valence electrons. The van der Waals surface area contributed by atoms with Crippen LogP contribution in [0.4, 0.5) is 5.13 Å². The van der Waals surface area contributed by atoms with Gasteiger partial charge >= 0.3 is 0 Å². The van der Waals surface area contributed by atoms with Gasteiger partial charge in [0.15, 0.2) is 5.13 Å². The lowest BCUT2D eigenvalue weighted by Crippen LogP contribution is -2.35. The molecule has 0 atom stereocenters. The highest BCUT2D eigenvalue weighted by Gasteiger charge is 2.17. The van der Waals surface area contributed by atoms with Crippen molar-refractivity contribution in [1.29, 1.82) is 0 Å². The molecule has 0 bridgehead atoms. The maximum absolute atomic E-state index is 4.76. The van der Waals surface area contributed by atoms with Gasteiger partial charge in [-0.2, -0.15) is 0 Å². The summed E-state index contributed by atoms with van der Waals surface area (Å²) in [5, 5.41) is 6.85. The normalized spacial score (nSPS) is 17.4. The van der Waals surface area contributed by atoms with Crippen molar-refractivity contribution in [3.63, 3.8) is 0 Å². The highest BCUT2D eigenvalue weighted by atomic mass is 32.1. The lowest BCUT2D eigenvalue weighted by atomic mass is 9.89. The van der Waals surface area contributed by atoms with E-state index in [0.717, 1.165) is 18.2 Å². The minimum Gasteiger partial charge on any atom is -0.351 e. The van der Waals surface area contributed by atoms with Crippen LogP contribution in [0.25, 0.3) is 0 Å². The highest BCUT2D eigenvalue weighted by Crippen LogP contribution is 2.27. The molecule has 1 aliphatic carbocycles. The number of nitrogens with zero attached hydrogens (tertiary/aromatic N) is 2. The van der Waals surface area contributed by atoms with Crippen molar-refractivity contribution in [1.82, 2.24) is 10.3 Å². The van der Waals surface area contributed by atoms with E-state index in [1.165, 1.54) is 43.8 Å². The summed E-state index contributed by atoms with van der Waals surface area (Å²) in [5.74, 6) is 0.869. The monoisotopic (exact) mass is 295 g/mol. The number of thiazole rings is 1. The van der Waals surface area contributed by atoms with Crippen molar-refractivity contribution >= 4 is 16.5 Å². The quantitative estimate of drug-likeness (QED) is 0.888. The number of aromatic nitrogens is 1. The van der Waals surface area contributed by atoms with E-state index in [2.05, 4.69) is 43.4 Å². The van der Waals surface area contributed by atoms with Gasteiger partial charge in [0.25, 0.3) is 0 Å². The molecule has 0 aliphatic heterocycles. The van der Waals surface area contributed by atoms with E-state index in [-0.39, 0.29) is 5.54 Å². The van der Waals surface area contributed by atoms with Gasteiger partial charge in [-0.25, -0.2) is 4.98 Å². The minimum absolute atomic E-state index is 0.151. The number of nitrogens with one attached hydrogen (secondary N) is 1. The van der Waals surface area contributed by atoms with Crippen molar-refractivity contribution < 1.29 is 0 Å². The van der Waals surface area contributed by atoms with E-state index >= 15 is 0 Å². The second-order valence-electron chi connectivity index (χ2n) is 7.11. The Morgan fingerprint density at radius 2 is 2.00 bits per heavy atom. The highest BCUT2D eigenvalue weighted by molar-refractivity contribution is 7.13. The molecule has 0 saturated heterocycles. The molecule has 0 aromatic carbocycles. The molecule has 0 amide bonds. The third kappa shape index (κ3) is 5.06. The zero-order chi connectivity index (χ0) is 14.6. The molecule has 20 heavy (non-hydrogen) atoms. The van der Waals surface area contributed by atoms with E-state index in [1.807, 2.05) is 0 Å². The number of rotatable bonds is 5. The summed E-state index contributed by atoms with van der Waals surface area (Å²) in [6, 6.07) is 0. The topological polar surface area (TPSA) is 28.2 Å². The van der Waals surface area contributed by atoms with Crippen LogP contribution in [0.1, 0.15) is 58.6 Å². The van der Waals surface area contributed by atoms with Gasteiger partial charge in [-0.3, -0.25) is 0 Å². The van der Waals surface area contributed by atoms with Crippen molar-refractivity contribution in [2.75, 3.05) is 18.5 Å². The Morgan fingerprint density at radius 1 is 1.30 bits per heavy atom. The smallest absolute Gasteiger partial charge is 0.185 e. The van der Waals surface area contributed by atoms with E-state index in [9.17, 15) is 0 Å². The molecule has 0 unspecified atom stereocenters. The molecule has 0 radical (unpaired) electrons. The Bertz CT molecular complexity index is 402. The van der Waals surface area contributed by atoms with Crippen LogP contribution in [0.2, 0.25) is 0 Å². The van der Waals surface area contributed by atoms with Gasteiger partial charge < -0.3 is 10.2 Å². The summed E-state index contributed by atoms with van der Waals surface area (Å²) in [6.45, 7) is 8.59. The van der Waals surface area contributed by atoms with Gasteiger partial charge in [-0.05, 0) is 39.5 Å². The predicted octanol–water partition coefficient (Wildman–Crippen LogP) is 4.05. The summed E-state index contributed by atoms with van der Waals surface area (Å²) >= 11 is 1.77. The second-order valence-corrected chi connectivity index (χ2v) is 7.95. The van der Waals surface area contributed by atoms with Gasteiger partial charge in [-0.1, -0.05) is 19.3 Å². The Hall–Kier alpha value is -0.610. The van der Waals surface area contributed by atoms with Gasteiger partial charge in [0.1, 0.15) is 0 Å². The third-order valence-corrected chi connectivity index (χ3v) is 4.93. The molecular formula is C16H29N3S. The van der Waals surface area contributed by atoms with Crippen molar-refractivity contribution in [2.45, 2.75) is 65.0 Å². The SMILES string of the molecule is CN(CC1CCCCC1)c1nc(CNC(C)(C)C)cs1. The Labute approximate surface area is 127 Å². The molecule has 1 aliphatic rings. The molecular weight excluding hydrogens is 266 g/mol. The van der Waals surface area contributed by atoms with Gasteiger partial charge in [0.05, 0.1) is 5.69 Å². The Kier molecular flexibility index (Phi) is 5.44. The van der Waals surface area contributed by atoms with E-state index in [4.69, 9.17) is 4.98 Å². The molecule has 1 aromatic heterocycles. The van der Waals surface area contributed by atoms with Crippen molar-refractivity contribution in [3.05, 3.63) is 11.1 Å². The predicted molar refractivity (Wildman–Crippen MR) is 88.6 cm³/mol. The fourth-order valence-corrected chi connectivity index (χ4v) is 3.55. The van der Waals surface area contributed by atoms with Gasteiger partial charge in [0.2, 0.25) is 0 Å². The van der Waals surface area contributed by atoms with Gasteiger partial charge in [0, 0.05) is 31.1 Å². The fourth-order valence-electron chi connectivity index (χ4n) is 2.74. The maximum atomic E-state index is 4.76. The summed E-state index contributed by atoms with van der Waals surface area (Å²) in [7, 11) is 2.19. The second kappa shape index (κ2) is 6.90. The van der Waals surface area contributed by atoms with Crippen LogP contribution in [0.15, 0.2) is 5.38 Å². The van der Waals surface area contributed by atoms with E-state index < -0.39 is 0 Å². The first kappa shape index (κ1) is 15.8. The maximum Gasteiger partial charge on any atom is 0.185 e. The van der Waals surface area contributed by atoms with Crippen LogP contribution < -0.4 is 10.2 Å². The largest absolute Gasteiger partial charge is 0.351 e. The van der Waals surface area contributed by atoms with Crippen LogP contribution in [0.3, 0.4) is 0 Å². The molecule has 4 heteroatoms. The van der Waals surface area contributed by atoms with Crippen molar-refractivity contribution in [2.24, 2.45) is 5.92 Å².